The zero-order valence-corrected chi connectivity index (χ0v) is 16.9. The largest absolute Gasteiger partial charge is 0.391 e. The molecule has 1 saturated heterocycles. The summed E-state index contributed by atoms with van der Waals surface area (Å²) in [5.41, 5.74) is 2.12. The number of likely N-dealkylation sites (tertiary alicyclic amines) is 1. The molecule has 0 radical (unpaired) electrons. The van der Waals surface area contributed by atoms with Gasteiger partial charge in [-0.2, -0.15) is 0 Å². The molecule has 1 N–H and O–H groups in total. The van der Waals surface area contributed by atoms with E-state index in [2.05, 4.69) is 22.4 Å². The van der Waals surface area contributed by atoms with E-state index in [9.17, 15) is 9.90 Å². The number of carbonyl (C=O) groups excluding carboxylic acids is 1. The Labute approximate surface area is 171 Å². The highest BCUT2D eigenvalue weighted by Crippen LogP contribution is 2.41. The second-order valence-corrected chi connectivity index (χ2v) is 9.02. The molecule has 1 aromatic heterocycles. The summed E-state index contributed by atoms with van der Waals surface area (Å²) in [5, 5.41) is 19.6. The van der Waals surface area contributed by atoms with Gasteiger partial charge in [-0.15, -0.1) is 5.10 Å². The van der Waals surface area contributed by atoms with E-state index >= 15 is 0 Å². The zero-order chi connectivity index (χ0) is 19.8. The first kappa shape index (κ1) is 18.8. The highest BCUT2D eigenvalue weighted by atomic mass is 16.3. The topological polar surface area (TPSA) is 71.2 Å². The summed E-state index contributed by atoms with van der Waals surface area (Å²) in [7, 11) is 0. The van der Waals surface area contributed by atoms with Crippen molar-refractivity contribution in [2.45, 2.75) is 75.5 Å². The van der Waals surface area contributed by atoms with Crippen LogP contribution in [0.15, 0.2) is 36.5 Å². The van der Waals surface area contributed by atoms with Crippen molar-refractivity contribution >= 4 is 5.91 Å². The second kappa shape index (κ2) is 7.90. The number of nitrogens with zero attached hydrogens (tertiary/aromatic N) is 4. The van der Waals surface area contributed by atoms with Gasteiger partial charge in [-0.3, -0.25) is 4.79 Å². The first-order valence-corrected chi connectivity index (χ1v) is 11.2. The van der Waals surface area contributed by atoms with Gasteiger partial charge in [-0.1, -0.05) is 54.8 Å². The highest BCUT2D eigenvalue weighted by Gasteiger charge is 2.41. The Balaban J connectivity index is 1.42. The Morgan fingerprint density at radius 3 is 2.52 bits per heavy atom. The molecule has 0 spiro atoms. The summed E-state index contributed by atoms with van der Waals surface area (Å²) in [4.78, 5) is 15.6. The van der Waals surface area contributed by atoms with Gasteiger partial charge in [0.05, 0.1) is 23.9 Å². The maximum Gasteiger partial charge on any atom is 0.226 e. The average Bonchev–Trinajstić information content (AvgIpc) is 3.51. The quantitative estimate of drug-likeness (QED) is 0.860. The van der Waals surface area contributed by atoms with Gasteiger partial charge in [0.15, 0.2) is 0 Å². The van der Waals surface area contributed by atoms with Crippen molar-refractivity contribution in [3.63, 3.8) is 0 Å². The Morgan fingerprint density at radius 2 is 1.79 bits per heavy atom. The monoisotopic (exact) mass is 394 g/mol. The molecule has 1 aliphatic heterocycles. The average molecular weight is 395 g/mol. The van der Waals surface area contributed by atoms with E-state index in [0.717, 1.165) is 36.9 Å². The lowest BCUT2D eigenvalue weighted by atomic mass is 9.85. The molecule has 2 heterocycles. The number of hydrogen-bond donors (Lipinski definition) is 1. The van der Waals surface area contributed by atoms with Crippen LogP contribution in [-0.4, -0.2) is 43.6 Å². The Kier molecular flexibility index (Phi) is 5.12. The number of piperidine rings is 1. The zero-order valence-electron chi connectivity index (χ0n) is 16.9. The summed E-state index contributed by atoms with van der Waals surface area (Å²) < 4.78 is 1.81. The third-order valence-electron chi connectivity index (χ3n) is 6.95. The van der Waals surface area contributed by atoms with E-state index < -0.39 is 6.10 Å². The molecule has 3 aliphatic rings. The van der Waals surface area contributed by atoms with Gasteiger partial charge in [-0.05, 0) is 31.2 Å². The number of aliphatic hydroxyl groups excluding tert-OH is 1. The molecule has 2 saturated carbocycles. The van der Waals surface area contributed by atoms with Crippen LogP contribution in [0.25, 0.3) is 0 Å². The van der Waals surface area contributed by atoms with Crippen LogP contribution in [0.2, 0.25) is 0 Å². The van der Waals surface area contributed by atoms with Gasteiger partial charge < -0.3 is 10.0 Å². The molecule has 0 bridgehead atoms. The van der Waals surface area contributed by atoms with Crippen LogP contribution in [0.5, 0.6) is 0 Å². The normalized spacial score (nSPS) is 28.4. The van der Waals surface area contributed by atoms with Gasteiger partial charge in [0.25, 0.3) is 0 Å². The molecule has 3 atom stereocenters. The fraction of sp³-hybridized carbons (Fsp3) is 0.609. The van der Waals surface area contributed by atoms with Crippen molar-refractivity contribution in [3.8, 4) is 0 Å². The molecule has 1 aromatic carbocycles. The lowest BCUT2D eigenvalue weighted by Crippen LogP contribution is -2.50. The number of aliphatic hydroxyl groups is 1. The van der Waals surface area contributed by atoms with Crippen molar-refractivity contribution < 1.29 is 9.90 Å². The summed E-state index contributed by atoms with van der Waals surface area (Å²) >= 11 is 0. The van der Waals surface area contributed by atoms with E-state index in [1.807, 2.05) is 29.3 Å². The number of rotatable bonds is 4. The molecule has 3 fully saturated rings. The first-order chi connectivity index (χ1) is 14.2. The molecular formula is C23H30N4O2. The molecule has 1 amide bonds. The van der Waals surface area contributed by atoms with Crippen LogP contribution < -0.4 is 0 Å². The van der Waals surface area contributed by atoms with Gasteiger partial charge in [-0.25, -0.2) is 4.68 Å². The lowest BCUT2D eigenvalue weighted by molar-refractivity contribution is -0.144. The fourth-order valence-corrected chi connectivity index (χ4v) is 5.06. The summed E-state index contributed by atoms with van der Waals surface area (Å²) in [6.07, 6.45) is 9.80. The van der Waals surface area contributed by atoms with Crippen LogP contribution in [0, 0.1) is 5.92 Å². The SMILES string of the molecule is O=C(C1CCCCC1)N1C[C@H](n2cc(C3CC3)nn2)[C@@H](O)C[C@@H]1c1ccccc1. The van der Waals surface area contributed by atoms with E-state index in [-0.39, 0.29) is 23.9 Å². The molecule has 2 aromatic rings. The van der Waals surface area contributed by atoms with Crippen LogP contribution in [0.1, 0.15) is 80.6 Å². The number of benzene rings is 1. The minimum absolute atomic E-state index is 0.0803. The van der Waals surface area contributed by atoms with Gasteiger partial charge >= 0.3 is 0 Å². The molecule has 5 rings (SSSR count). The van der Waals surface area contributed by atoms with Crippen molar-refractivity contribution in [2.24, 2.45) is 5.92 Å². The molecule has 2 aliphatic carbocycles. The van der Waals surface area contributed by atoms with Crippen molar-refractivity contribution in [3.05, 3.63) is 47.8 Å². The van der Waals surface area contributed by atoms with Crippen molar-refractivity contribution in [1.82, 2.24) is 19.9 Å². The Morgan fingerprint density at radius 1 is 1.03 bits per heavy atom. The molecule has 6 heteroatoms. The van der Waals surface area contributed by atoms with Crippen LogP contribution in [-0.2, 0) is 4.79 Å². The predicted molar refractivity (Wildman–Crippen MR) is 109 cm³/mol. The lowest BCUT2D eigenvalue weighted by Gasteiger charge is -2.44. The second-order valence-electron chi connectivity index (χ2n) is 9.02. The van der Waals surface area contributed by atoms with E-state index in [4.69, 9.17) is 0 Å². The maximum atomic E-state index is 13.5. The third-order valence-corrected chi connectivity index (χ3v) is 6.95. The number of carbonyl (C=O) groups is 1. The van der Waals surface area contributed by atoms with Gasteiger partial charge in [0, 0.05) is 31.0 Å². The maximum absolute atomic E-state index is 13.5. The molecule has 29 heavy (non-hydrogen) atoms. The number of amides is 1. The highest BCUT2D eigenvalue weighted by molar-refractivity contribution is 5.79. The number of hydrogen-bond acceptors (Lipinski definition) is 4. The van der Waals surface area contributed by atoms with Gasteiger partial charge in [0.1, 0.15) is 0 Å². The van der Waals surface area contributed by atoms with Crippen LogP contribution >= 0.6 is 0 Å². The van der Waals surface area contributed by atoms with E-state index in [1.54, 1.807) is 4.68 Å². The van der Waals surface area contributed by atoms with E-state index in [0.29, 0.717) is 18.9 Å². The first-order valence-electron chi connectivity index (χ1n) is 11.2. The fourth-order valence-electron chi connectivity index (χ4n) is 5.06. The van der Waals surface area contributed by atoms with Crippen LogP contribution in [0.4, 0.5) is 0 Å². The smallest absolute Gasteiger partial charge is 0.226 e. The standard InChI is InChI=1S/C23H30N4O2/c28-22-13-20(17-7-3-1-4-8-17)26(23(29)18-9-5-2-6-10-18)15-21(22)27-14-19(24-25-27)16-11-12-16/h1,3-4,7-8,14,16,18,20-22,28H,2,5-6,9-13,15H2/t20-,21+,22+/m1/s1. The third kappa shape index (κ3) is 3.82. The Hall–Kier alpha value is -2.21. The van der Waals surface area contributed by atoms with Gasteiger partial charge in [0.2, 0.25) is 5.91 Å². The Bertz CT molecular complexity index is 842. The van der Waals surface area contributed by atoms with Crippen LogP contribution in [0.3, 0.4) is 0 Å². The van der Waals surface area contributed by atoms with Crippen molar-refractivity contribution in [2.75, 3.05) is 6.54 Å². The predicted octanol–water partition coefficient (Wildman–Crippen LogP) is 3.61. The molecule has 6 nitrogen and oxygen atoms in total. The summed E-state index contributed by atoms with van der Waals surface area (Å²) in [6.45, 7) is 0.490. The molecular weight excluding hydrogens is 364 g/mol. The van der Waals surface area contributed by atoms with Crippen molar-refractivity contribution in [1.29, 1.82) is 0 Å². The molecule has 154 valence electrons. The minimum Gasteiger partial charge on any atom is -0.391 e. The summed E-state index contributed by atoms with van der Waals surface area (Å²) in [5.74, 6) is 0.892. The molecule has 0 unspecified atom stereocenters. The summed E-state index contributed by atoms with van der Waals surface area (Å²) in [6, 6.07) is 9.84. The minimum atomic E-state index is -0.552. The number of aromatic nitrogens is 3. The van der Waals surface area contributed by atoms with E-state index in [1.165, 1.54) is 19.3 Å².